The van der Waals surface area contributed by atoms with Gasteiger partial charge in [-0.2, -0.15) is 13.2 Å². The third-order valence-corrected chi connectivity index (χ3v) is 6.02. The first-order valence-electron chi connectivity index (χ1n) is 11.2. The van der Waals surface area contributed by atoms with E-state index in [1.165, 1.54) is 42.5 Å². The second-order valence-electron chi connectivity index (χ2n) is 8.23. The molecule has 0 aromatic heterocycles. The maximum atomic E-state index is 13.0. The maximum Gasteiger partial charge on any atom is 0.416 e. The molecule has 0 amide bonds. The number of benzene rings is 2. The molecule has 2 aromatic rings. The number of ether oxygens (including phenoxy) is 1. The zero-order valence-corrected chi connectivity index (χ0v) is 18.5. The van der Waals surface area contributed by atoms with Crippen LogP contribution in [0.2, 0.25) is 0 Å². The van der Waals surface area contributed by atoms with Crippen molar-refractivity contribution in [3.05, 3.63) is 59.2 Å². The number of methoxy groups -OCH3 is 1. The quantitative estimate of drug-likeness (QED) is 0.463. The van der Waals surface area contributed by atoms with E-state index in [4.69, 9.17) is 4.74 Å². The zero-order chi connectivity index (χ0) is 22.3. The van der Waals surface area contributed by atoms with Crippen LogP contribution >= 0.6 is 0 Å². The van der Waals surface area contributed by atoms with E-state index in [0.29, 0.717) is 5.69 Å². The Morgan fingerprint density at radius 2 is 1.71 bits per heavy atom. The van der Waals surface area contributed by atoms with Crippen molar-refractivity contribution in [3.63, 3.8) is 0 Å². The minimum absolute atomic E-state index is 0.582. The summed E-state index contributed by atoms with van der Waals surface area (Å²) in [6.45, 7) is 6.36. The lowest BCUT2D eigenvalue weighted by Crippen LogP contribution is -2.47. The summed E-state index contributed by atoms with van der Waals surface area (Å²) in [5, 5.41) is 0. The minimum atomic E-state index is -4.30. The fourth-order valence-electron chi connectivity index (χ4n) is 4.14. The first kappa shape index (κ1) is 23.5. The summed E-state index contributed by atoms with van der Waals surface area (Å²) < 4.78 is 44.5. The number of nitrogens with zero attached hydrogens (tertiary/aromatic N) is 2. The number of unbranched alkanes of at least 4 members (excludes halogenated alkanes) is 2. The molecule has 2 aromatic carbocycles. The summed E-state index contributed by atoms with van der Waals surface area (Å²) in [5.74, 6) is 0.967. The van der Waals surface area contributed by atoms with E-state index in [0.717, 1.165) is 57.4 Å². The van der Waals surface area contributed by atoms with Crippen molar-refractivity contribution in [1.82, 2.24) is 4.90 Å². The Morgan fingerprint density at radius 3 is 2.39 bits per heavy atom. The van der Waals surface area contributed by atoms with E-state index in [9.17, 15) is 13.2 Å². The Kier molecular flexibility index (Phi) is 8.24. The van der Waals surface area contributed by atoms with Gasteiger partial charge in [-0.15, -0.1) is 0 Å². The van der Waals surface area contributed by atoms with Gasteiger partial charge in [0.1, 0.15) is 5.75 Å². The second-order valence-corrected chi connectivity index (χ2v) is 8.23. The molecular formula is C25H33F3N2O. The van der Waals surface area contributed by atoms with Crippen LogP contribution in [0.15, 0.2) is 42.5 Å². The molecule has 1 fully saturated rings. The van der Waals surface area contributed by atoms with E-state index in [2.05, 4.69) is 30.0 Å². The standard InChI is InChI=1S/C25H33F3N2O/c1-3-4-5-7-21-18-20(10-11-24(21)31-2)12-13-29-14-16-30(17-15-29)23-9-6-8-22(19-23)25(26,27)28/h6,8-11,18-19H,3-5,7,12-17H2,1-2H3. The third kappa shape index (κ3) is 6.63. The average Bonchev–Trinajstić information content (AvgIpc) is 2.78. The maximum absolute atomic E-state index is 13.0. The molecule has 0 atom stereocenters. The number of halogens is 3. The molecule has 0 aliphatic carbocycles. The van der Waals surface area contributed by atoms with E-state index in [1.807, 2.05) is 4.90 Å². The predicted molar refractivity (Wildman–Crippen MR) is 120 cm³/mol. The van der Waals surface area contributed by atoms with Crippen LogP contribution in [0.25, 0.3) is 0 Å². The van der Waals surface area contributed by atoms with Gasteiger partial charge in [0.25, 0.3) is 0 Å². The summed E-state index contributed by atoms with van der Waals surface area (Å²) in [4.78, 5) is 4.44. The largest absolute Gasteiger partial charge is 0.496 e. The highest BCUT2D eigenvalue weighted by atomic mass is 19.4. The van der Waals surface area contributed by atoms with Crippen LogP contribution in [-0.2, 0) is 19.0 Å². The topological polar surface area (TPSA) is 15.7 Å². The Morgan fingerprint density at radius 1 is 0.935 bits per heavy atom. The van der Waals surface area contributed by atoms with Crippen molar-refractivity contribution in [2.24, 2.45) is 0 Å². The van der Waals surface area contributed by atoms with Gasteiger partial charge in [0, 0.05) is 38.4 Å². The van der Waals surface area contributed by atoms with Crippen LogP contribution in [0.5, 0.6) is 5.75 Å². The van der Waals surface area contributed by atoms with Gasteiger partial charge >= 0.3 is 6.18 Å². The third-order valence-electron chi connectivity index (χ3n) is 6.02. The van der Waals surface area contributed by atoms with E-state index < -0.39 is 11.7 Å². The Bertz CT molecular complexity index is 830. The van der Waals surface area contributed by atoms with Crippen LogP contribution in [0.3, 0.4) is 0 Å². The molecule has 3 nitrogen and oxygen atoms in total. The smallest absolute Gasteiger partial charge is 0.416 e. The molecule has 0 N–H and O–H groups in total. The SMILES string of the molecule is CCCCCc1cc(CCN2CCN(c3cccc(C(F)(F)F)c3)CC2)ccc1OC. The predicted octanol–water partition coefficient (Wildman–Crippen LogP) is 5.81. The number of hydrogen-bond acceptors (Lipinski definition) is 3. The number of hydrogen-bond donors (Lipinski definition) is 0. The molecule has 3 rings (SSSR count). The van der Waals surface area contributed by atoms with Crippen LogP contribution in [0.4, 0.5) is 18.9 Å². The highest BCUT2D eigenvalue weighted by molar-refractivity contribution is 5.49. The van der Waals surface area contributed by atoms with Crippen LogP contribution < -0.4 is 9.64 Å². The normalized spacial score (nSPS) is 15.3. The number of alkyl halides is 3. The number of piperazine rings is 1. The van der Waals surface area contributed by atoms with Gasteiger partial charge in [0.15, 0.2) is 0 Å². The Hall–Kier alpha value is -2.21. The van der Waals surface area contributed by atoms with Crippen molar-refractivity contribution >= 4 is 5.69 Å². The van der Waals surface area contributed by atoms with Gasteiger partial charge in [0.2, 0.25) is 0 Å². The zero-order valence-electron chi connectivity index (χ0n) is 18.5. The lowest BCUT2D eigenvalue weighted by molar-refractivity contribution is -0.137. The number of aryl methyl sites for hydroxylation is 1. The van der Waals surface area contributed by atoms with Crippen molar-refractivity contribution in [1.29, 1.82) is 0 Å². The van der Waals surface area contributed by atoms with E-state index in [1.54, 1.807) is 13.2 Å². The fourth-order valence-corrected chi connectivity index (χ4v) is 4.14. The summed E-state index contributed by atoms with van der Waals surface area (Å²) in [6.07, 6.45) is 1.31. The molecule has 0 spiro atoms. The molecule has 1 saturated heterocycles. The van der Waals surface area contributed by atoms with Crippen LogP contribution in [-0.4, -0.2) is 44.7 Å². The summed E-state index contributed by atoms with van der Waals surface area (Å²) in [7, 11) is 1.72. The molecule has 1 aliphatic heterocycles. The fraction of sp³-hybridized carbons (Fsp3) is 0.520. The molecule has 31 heavy (non-hydrogen) atoms. The van der Waals surface area contributed by atoms with Crippen molar-refractivity contribution < 1.29 is 17.9 Å². The highest BCUT2D eigenvalue weighted by Crippen LogP contribution is 2.32. The minimum Gasteiger partial charge on any atom is -0.496 e. The van der Waals surface area contributed by atoms with Crippen molar-refractivity contribution in [2.75, 3.05) is 44.7 Å². The molecule has 0 saturated carbocycles. The van der Waals surface area contributed by atoms with Gasteiger partial charge in [-0.1, -0.05) is 38.0 Å². The molecule has 0 bridgehead atoms. The second kappa shape index (κ2) is 10.9. The summed E-state index contributed by atoms with van der Waals surface area (Å²) in [6, 6.07) is 12.1. The average molecular weight is 435 g/mol. The summed E-state index contributed by atoms with van der Waals surface area (Å²) in [5.41, 5.74) is 2.67. The van der Waals surface area contributed by atoms with E-state index >= 15 is 0 Å². The molecular weight excluding hydrogens is 401 g/mol. The lowest BCUT2D eigenvalue weighted by Gasteiger charge is -2.36. The molecule has 170 valence electrons. The van der Waals surface area contributed by atoms with Gasteiger partial charge < -0.3 is 9.64 Å². The molecule has 0 radical (unpaired) electrons. The highest BCUT2D eigenvalue weighted by Gasteiger charge is 2.31. The number of anilines is 1. The Balaban J connectivity index is 1.52. The van der Waals surface area contributed by atoms with E-state index in [-0.39, 0.29) is 0 Å². The van der Waals surface area contributed by atoms with Gasteiger partial charge in [-0.3, -0.25) is 4.90 Å². The van der Waals surface area contributed by atoms with Crippen LogP contribution in [0, 0.1) is 0 Å². The number of rotatable bonds is 9. The molecule has 0 unspecified atom stereocenters. The Labute approximate surface area is 183 Å². The van der Waals surface area contributed by atoms with Crippen molar-refractivity contribution in [3.8, 4) is 5.75 Å². The summed E-state index contributed by atoms with van der Waals surface area (Å²) >= 11 is 0. The first-order chi connectivity index (χ1) is 14.9. The van der Waals surface area contributed by atoms with Gasteiger partial charge in [-0.05, 0) is 54.7 Å². The monoisotopic (exact) mass is 434 g/mol. The van der Waals surface area contributed by atoms with Crippen molar-refractivity contribution in [2.45, 2.75) is 45.2 Å². The van der Waals surface area contributed by atoms with Crippen LogP contribution in [0.1, 0.15) is 42.9 Å². The van der Waals surface area contributed by atoms with Gasteiger partial charge in [0.05, 0.1) is 12.7 Å². The molecule has 1 heterocycles. The molecule has 1 aliphatic rings. The first-order valence-corrected chi connectivity index (χ1v) is 11.2. The molecule has 6 heteroatoms. The lowest BCUT2D eigenvalue weighted by atomic mass is 10.0. The van der Waals surface area contributed by atoms with Gasteiger partial charge in [-0.25, -0.2) is 0 Å².